The van der Waals surface area contributed by atoms with E-state index in [0.717, 1.165) is 52.1 Å². The zero-order valence-corrected chi connectivity index (χ0v) is 18.0. The summed E-state index contributed by atoms with van der Waals surface area (Å²) < 4.78 is 1.99. The minimum absolute atomic E-state index is 0.0675. The van der Waals surface area contributed by atoms with Gasteiger partial charge in [0, 0.05) is 23.2 Å². The van der Waals surface area contributed by atoms with E-state index in [0.29, 0.717) is 5.56 Å². The minimum Gasteiger partial charge on any atom is -0.345 e. The Labute approximate surface area is 167 Å². The van der Waals surface area contributed by atoms with Gasteiger partial charge in [-0.3, -0.25) is 14.5 Å². The number of amides is 1. The zero-order chi connectivity index (χ0) is 20.6. The Bertz CT molecular complexity index is 1050. The third-order valence-electron chi connectivity index (χ3n) is 5.49. The number of nitrogens with one attached hydrogen (secondary N) is 1. The smallest absolute Gasteiger partial charge is 0.253 e. The standard InChI is InChI=1S/C23H30N4O/c1-8-20(21-16(6)26-27(9-2)17(21)7)25-23(28)19-12-18-11-13(3)10-14(4)22(18)24-15(19)5/h10-12,20H,8-9H2,1-7H3,(H,25,28)/t20-/m1/s1. The average molecular weight is 379 g/mol. The summed E-state index contributed by atoms with van der Waals surface area (Å²) >= 11 is 0. The monoisotopic (exact) mass is 378 g/mol. The highest BCUT2D eigenvalue weighted by Crippen LogP contribution is 2.26. The van der Waals surface area contributed by atoms with Gasteiger partial charge in [-0.15, -0.1) is 0 Å². The minimum atomic E-state index is -0.0824. The van der Waals surface area contributed by atoms with E-state index in [9.17, 15) is 4.79 Å². The maximum Gasteiger partial charge on any atom is 0.253 e. The van der Waals surface area contributed by atoms with E-state index in [4.69, 9.17) is 4.98 Å². The summed E-state index contributed by atoms with van der Waals surface area (Å²) in [5.74, 6) is -0.0824. The molecular formula is C23H30N4O. The summed E-state index contributed by atoms with van der Waals surface area (Å²) in [6, 6.07) is 6.11. The van der Waals surface area contributed by atoms with Crippen LogP contribution in [0, 0.1) is 34.6 Å². The number of nitrogens with zero attached hydrogens (tertiary/aromatic N) is 3. The Hall–Kier alpha value is -2.69. The number of fused-ring (bicyclic) bond motifs is 1. The van der Waals surface area contributed by atoms with Crippen LogP contribution in [-0.4, -0.2) is 20.7 Å². The summed E-state index contributed by atoms with van der Waals surface area (Å²) in [4.78, 5) is 17.9. The van der Waals surface area contributed by atoms with E-state index in [2.05, 4.69) is 57.2 Å². The quantitative estimate of drug-likeness (QED) is 0.689. The Balaban J connectivity index is 1.98. The van der Waals surface area contributed by atoms with Gasteiger partial charge in [-0.25, -0.2) is 0 Å². The van der Waals surface area contributed by atoms with Crippen LogP contribution in [0.1, 0.15) is 70.4 Å². The second kappa shape index (κ2) is 7.74. The SMILES string of the molecule is CC[C@@H](NC(=O)c1cc2cc(C)cc(C)c2nc1C)c1c(C)nn(CC)c1C. The number of pyridine rings is 1. The van der Waals surface area contributed by atoms with Gasteiger partial charge in [0.2, 0.25) is 0 Å². The van der Waals surface area contributed by atoms with Crippen molar-refractivity contribution in [3.8, 4) is 0 Å². The Morgan fingerprint density at radius 2 is 1.79 bits per heavy atom. The Morgan fingerprint density at radius 3 is 2.39 bits per heavy atom. The molecule has 0 unspecified atom stereocenters. The maximum atomic E-state index is 13.1. The predicted octanol–water partition coefficient (Wildman–Crippen LogP) is 4.87. The first kappa shape index (κ1) is 20.1. The summed E-state index contributed by atoms with van der Waals surface area (Å²) in [5, 5.41) is 8.84. The third kappa shape index (κ3) is 3.53. The van der Waals surface area contributed by atoms with Gasteiger partial charge in [0.25, 0.3) is 5.91 Å². The molecule has 1 atom stereocenters. The van der Waals surface area contributed by atoms with Crippen molar-refractivity contribution in [3.05, 3.63) is 57.5 Å². The van der Waals surface area contributed by atoms with Crippen molar-refractivity contribution in [3.63, 3.8) is 0 Å². The van der Waals surface area contributed by atoms with Gasteiger partial charge in [0.15, 0.2) is 0 Å². The fourth-order valence-electron chi connectivity index (χ4n) is 4.11. The first-order valence-electron chi connectivity index (χ1n) is 10.00. The molecule has 1 N–H and O–H groups in total. The molecule has 0 saturated carbocycles. The van der Waals surface area contributed by atoms with E-state index in [1.807, 2.05) is 24.6 Å². The highest BCUT2D eigenvalue weighted by Gasteiger charge is 2.23. The lowest BCUT2D eigenvalue weighted by Gasteiger charge is -2.19. The number of hydrogen-bond donors (Lipinski definition) is 1. The number of aryl methyl sites for hydroxylation is 5. The fraction of sp³-hybridized carbons (Fsp3) is 0.435. The summed E-state index contributed by atoms with van der Waals surface area (Å²) in [6.45, 7) is 15.1. The number of benzene rings is 1. The first-order chi connectivity index (χ1) is 13.3. The lowest BCUT2D eigenvalue weighted by molar-refractivity contribution is 0.0934. The number of carbonyl (C=O) groups excluding carboxylic acids is 1. The van der Waals surface area contributed by atoms with Gasteiger partial charge in [0.05, 0.1) is 28.5 Å². The van der Waals surface area contributed by atoms with Gasteiger partial charge in [-0.1, -0.05) is 18.6 Å². The van der Waals surface area contributed by atoms with Gasteiger partial charge >= 0.3 is 0 Å². The third-order valence-corrected chi connectivity index (χ3v) is 5.49. The molecule has 0 bridgehead atoms. The summed E-state index contributed by atoms with van der Waals surface area (Å²) in [5.41, 5.74) is 7.87. The normalized spacial score (nSPS) is 12.4. The molecule has 2 aromatic heterocycles. The fourth-order valence-corrected chi connectivity index (χ4v) is 4.11. The molecule has 1 aromatic carbocycles. The van der Waals surface area contributed by atoms with Crippen LogP contribution in [0.15, 0.2) is 18.2 Å². The van der Waals surface area contributed by atoms with Crippen LogP contribution in [-0.2, 0) is 6.54 Å². The maximum absolute atomic E-state index is 13.1. The molecule has 28 heavy (non-hydrogen) atoms. The largest absolute Gasteiger partial charge is 0.345 e. The van der Waals surface area contributed by atoms with E-state index in [1.165, 1.54) is 5.56 Å². The zero-order valence-electron chi connectivity index (χ0n) is 18.0. The van der Waals surface area contributed by atoms with Crippen molar-refractivity contribution in [2.24, 2.45) is 0 Å². The molecule has 0 aliphatic rings. The van der Waals surface area contributed by atoms with Crippen molar-refractivity contribution < 1.29 is 4.79 Å². The molecule has 0 spiro atoms. The highest BCUT2D eigenvalue weighted by atomic mass is 16.1. The van der Waals surface area contributed by atoms with E-state index < -0.39 is 0 Å². The van der Waals surface area contributed by atoms with Crippen LogP contribution in [0.3, 0.4) is 0 Å². The predicted molar refractivity (Wildman–Crippen MR) is 114 cm³/mol. The van der Waals surface area contributed by atoms with Crippen molar-refractivity contribution in [2.75, 3.05) is 0 Å². The van der Waals surface area contributed by atoms with Gasteiger partial charge in [-0.05, 0) is 65.7 Å². The van der Waals surface area contributed by atoms with Crippen molar-refractivity contribution in [1.29, 1.82) is 0 Å². The van der Waals surface area contributed by atoms with E-state index in [1.54, 1.807) is 0 Å². The first-order valence-corrected chi connectivity index (χ1v) is 10.00. The molecule has 0 fully saturated rings. The lowest BCUT2D eigenvalue weighted by Crippen LogP contribution is -2.29. The summed E-state index contributed by atoms with van der Waals surface area (Å²) in [6.07, 6.45) is 0.807. The topological polar surface area (TPSA) is 59.8 Å². The molecule has 2 heterocycles. The Morgan fingerprint density at radius 1 is 1.07 bits per heavy atom. The van der Waals surface area contributed by atoms with Crippen LogP contribution in [0.2, 0.25) is 0 Å². The van der Waals surface area contributed by atoms with E-state index in [-0.39, 0.29) is 11.9 Å². The van der Waals surface area contributed by atoms with Crippen LogP contribution in [0.5, 0.6) is 0 Å². The molecule has 148 valence electrons. The molecule has 0 aliphatic carbocycles. The second-order valence-electron chi connectivity index (χ2n) is 7.61. The Kier molecular flexibility index (Phi) is 5.54. The molecule has 3 aromatic rings. The van der Waals surface area contributed by atoms with Crippen LogP contribution in [0.25, 0.3) is 10.9 Å². The number of aromatic nitrogens is 3. The summed E-state index contributed by atoms with van der Waals surface area (Å²) in [7, 11) is 0. The molecule has 0 radical (unpaired) electrons. The van der Waals surface area contributed by atoms with E-state index >= 15 is 0 Å². The lowest BCUT2D eigenvalue weighted by atomic mass is 10.0. The van der Waals surface area contributed by atoms with Crippen LogP contribution >= 0.6 is 0 Å². The van der Waals surface area contributed by atoms with Crippen LogP contribution in [0.4, 0.5) is 0 Å². The molecule has 0 aliphatic heterocycles. The molecule has 5 heteroatoms. The van der Waals surface area contributed by atoms with Crippen LogP contribution < -0.4 is 5.32 Å². The van der Waals surface area contributed by atoms with Gasteiger partial charge in [0.1, 0.15) is 0 Å². The highest BCUT2D eigenvalue weighted by molar-refractivity contribution is 5.99. The number of carbonyl (C=O) groups is 1. The van der Waals surface area contributed by atoms with Crippen molar-refractivity contribution in [1.82, 2.24) is 20.1 Å². The molecule has 0 saturated heterocycles. The van der Waals surface area contributed by atoms with Crippen molar-refractivity contribution >= 4 is 16.8 Å². The molecular weight excluding hydrogens is 348 g/mol. The number of hydrogen-bond acceptors (Lipinski definition) is 3. The second-order valence-corrected chi connectivity index (χ2v) is 7.61. The molecule has 1 amide bonds. The van der Waals surface area contributed by atoms with Gasteiger partial charge < -0.3 is 5.32 Å². The molecule has 5 nitrogen and oxygen atoms in total. The van der Waals surface area contributed by atoms with Gasteiger partial charge in [-0.2, -0.15) is 5.10 Å². The number of rotatable bonds is 5. The van der Waals surface area contributed by atoms with Crippen molar-refractivity contribution in [2.45, 2.75) is 67.5 Å². The molecule has 3 rings (SSSR count). The average Bonchev–Trinajstić information content (AvgIpc) is 2.93.